The number of hydrogen-bond donors (Lipinski definition) is 0. The van der Waals surface area contributed by atoms with Gasteiger partial charge in [-0.15, -0.1) is 0 Å². The molecule has 1 aromatic carbocycles. The van der Waals surface area contributed by atoms with Crippen molar-refractivity contribution in [3.05, 3.63) is 30.2 Å². The van der Waals surface area contributed by atoms with Crippen LogP contribution in [0.15, 0.2) is 28.7 Å². The van der Waals surface area contributed by atoms with Gasteiger partial charge in [0.1, 0.15) is 11.5 Å². The van der Waals surface area contributed by atoms with Gasteiger partial charge >= 0.3 is 29.6 Å². The molecule has 0 aliphatic heterocycles. The Morgan fingerprint density at radius 3 is 2.69 bits per heavy atom. The zero-order valence-electron chi connectivity index (χ0n) is 6.98. The maximum Gasteiger partial charge on any atom is 1.00 e. The van der Waals surface area contributed by atoms with Crippen molar-refractivity contribution in [3.63, 3.8) is 0 Å². The SMILES string of the molecule is O=C([O-])c1nc2ccccc2o1.[Na+]. The van der Waals surface area contributed by atoms with E-state index in [1.54, 1.807) is 24.3 Å². The molecule has 0 radical (unpaired) electrons. The molecule has 0 saturated heterocycles. The molecule has 5 heteroatoms. The van der Waals surface area contributed by atoms with E-state index in [4.69, 9.17) is 4.42 Å². The number of para-hydroxylation sites is 2. The Morgan fingerprint density at radius 1 is 1.38 bits per heavy atom. The van der Waals surface area contributed by atoms with Crippen molar-refractivity contribution in [1.82, 2.24) is 4.98 Å². The van der Waals surface area contributed by atoms with Crippen molar-refractivity contribution in [3.8, 4) is 0 Å². The van der Waals surface area contributed by atoms with Crippen molar-refractivity contribution in [2.24, 2.45) is 0 Å². The van der Waals surface area contributed by atoms with Gasteiger partial charge in [-0.3, -0.25) is 0 Å². The minimum absolute atomic E-state index is 0. The summed E-state index contributed by atoms with van der Waals surface area (Å²) in [6, 6.07) is 6.82. The van der Waals surface area contributed by atoms with Gasteiger partial charge in [-0.05, 0) is 12.1 Å². The van der Waals surface area contributed by atoms with Crippen LogP contribution in [-0.4, -0.2) is 11.0 Å². The monoisotopic (exact) mass is 185 g/mol. The molecule has 2 aromatic rings. The Labute approximate surface area is 95.9 Å². The normalized spacial score (nSPS) is 9.54. The van der Waals surface area contributed by atoms with Crippen molar-refractivity contribution in [1.29, 1.82) is 0 Å². The van der Waals surface area contributed by atoms with E-state index in [2.05, 4.69) is 4.98 Å². The van der Waals surface area contributed by atoms with Gasteiger partial charge in [0.05, 0.1) is 0 Å². The van der Waals surface area contributed by atoms with Crippen LogP contribution in [0.1, 0.15) is 10.7 Å². The van der Waals surface area contributed by atoms with Crippen molar-refractivity contribution >= 4 is 17.1 Å². The molecular formula is C8H4NNaO3. The first-order valence-corrected chi connectivity index (χ1v) is 3.34. The number of carbonyl (C=O) groups is 1. The summed E-state index contributed by atoms with van der Waals surface area (Å²) in [7, 11) is 0. The fraction of sp³-hybridized carbons (Fsp3) is 0. The number of aromatic nitrogens is 1. The molecule has 0 atom stereocenters. The smallest absolute Gasteiger partial charge is 0.540 e. The third-order valence-corrected chi connectivity index (χ3v) is 1.47. The first-order chi connectivity index (χ1) is 5.77. The first kappa shape index (κ1) is 10.2. The zero-order valence-corrected chi connectivity index (χ0v) is 8.98. The van der Waals surface area contributed by atoms with Crippen LogP contribution in [0, 0.1) is 0 Å². The molecule has 0 saturated carbocycles. The van der Waals surface area contributed by atoms with E-state index in [9.17, 15) is 9.90 Å². The number of rotatable bonds is 1. The molecule has 4 nitrogen and oxygen atoms in total. The molecule has 0 amide bonds. The number of oxazole rings is 1. The number of hydrogen-bond acceptors (Lipinski definition) is 4. The molecule has 0 N–H and O–H groups in total. The molecule has 2 rings (SSSR count). The molecule has 0 fully saturated rings. The summed E-state index contributed by atoms with van der Waals surface area (Å²) in [4.78, 5) is 14.0. The predicted octanol–water partition coefficient (Wildman–Crippen LogP) is -2.80. The van der Waals surface area contributed by atoms with Crippen LogP contribution < -0.4 is 34.7 Å². The van der Waals surface area contributed by atoms with E-state index in [1.165, 1.54) is 0 Å². The topological polar surface area (TPSA) is 66.2 Å². The summed E-state index contributed by atoms with van der Waals surface area (Å²) in [5.74, 6) is -1.78. The average molecular weight is 185 g/mol. The summed E-state index contributed by atoms with van der Waals surface area (Å²) in [5.41, 5.74) is 0.980. The van der Waals surface area contributed by atoms with Crippen molar-refractivity contribution in [2.75, 3.05) is 0 Å². The molecule has 1 heterocycles. The van der Waals surface area contributed by atoms with Crippen LogP contribution in [-0.2, 0) is 0 Å². The summed E-state index contributed by atoms with van der Waals surface area (Å²) in [5, 5.41) is 10.3. The molecular weight excluding hydrogens is 181 g/mol. The molecule has 0 spiro atoms. The number of carboxylic acid groups (broad SMARTS) is 1. The van der Waals surface area contributed by atoms with Crippen LogP contribution in [0.3, 0.4) is 0 Å². The number of nitrogens with zero attached hydrogens (tertiary/aromatic N) is 1. The van der Waals surface area contributed by atoms with Crippen LogP contribution >= 0.6 is 0 Å². The van der Waals surface area contributed by atoms with Crippen molar-refractivity contribution in [2.45, 2.75) is 0 Å². The van der Waals surface area contributed by atoms with Crippen LogP contribution in [0.4, 0.5) is 0 Å². The van der Waals surface area contributed by atoms with Crippen LogP contribution in [0.5, 0.6) is 0 Å². The third kappa shape index (κ3) is 1.91. The van der Waals surface area contributed by atoms with Gasteiger partial charge in [0, 0.05) is 0 Å². The fourth-order valence-corrected chi connectivity index (χ4v) is 0.960. The first-order valence-electron chi connectivity index (χ1n) is 3.34. The van der Waals surface area contributed by atoms with E-state index in [0.29, 0.717) is 11.1 Å². The zero-order chi connectivity index (χ0) is 8.55. The van der Waals surface area contributed by atoms with Gasteiger partial charge < -0.3 is 14.3 Å². The van der Waals surface area contributed by atoms with E-state index in [0.717, 1.165) is 0 Å². The Kier molecular flexibility index (Phi) is 3.08. The summed E-state index contributed by atoms with van der Waals surface area (Å²) < 4.78 is 4.86. The summed E-state index contributed by atoms with van der Waals surface area (Å²) in [6.45, 7) is 0. The van der Waals surface area contributed by atoms with Gasteiger partial charge in [-0.2, -0.15) is 0 Å². The van der Waals surface area contributed by atoms with Crippen molar-refractivity contribution < 1.29 is 43.9 Å². The second-order valence-corrected chi connectivity index (χ2v) is 2.27. The van der Waals surface area contributed by atoms with E-state index in [-0.39, 0.29) is 35.4 Å². The Bertz CT molecular complexity index is 405. The molecule has 60 valence electrons. The number of carbonyl (C=O) groups excluding carboxylic acids is 1. The fourth-order valence-electron chi connectivity index (χ4n) is 0.960. The third-order valence-electron chi connectivity index (χ3n) is 1.47. The van der Waals surface area contributed by atoms with Gasteiger partial charge in [0.2, 0.25) is 5.89 Å². The second kappa shape index (κ2) is 3.91. The molecule has 0 bridgehead atoms. The van der Waals surface area contributed by atoms with E-state index in [1.807, 2.05) is 0 Å². The van der Waals surface area contributed by atoms with Gasteiger partial charge in [-0.1, -0.05) is 12.1 Å². The minimum Gasteiger partial charge on any atom is -0.540 e. The number of fused-ring (bicyclic) bond motifs is 1. The van der Waals surface area contributed by atoms with Gasteiger partial charge in [0.15, 0.2) is 5.58 Å². The predicted molar refractivity (Wildman–Crippen MR) is 38.3 cm³/mol. The van der Waals surface area contributed by atoms with E-state index < -0.39 is 5.97 Å². The Morgan fingerprint density at radius 2 is 2.08 bits per heavy atom. The van der Waals surface area contributed by atoms with Crippen LogP contribution in [0.2, 0.25) is 0 Å². The molecule has 0 aliphatic rings. The molecule has 0 unspecified atom stereocenters. The number of aromatic carboxylic acids is 1. The largest absolute Gasteiger partial charge is 1.00 e. The second-order valence-electron chi connectivity index (χ2n) is 2.27. The van der Waals surface area contributed by atoms with E-state index >= 15 is 0 Å². The van der Waals surface area contributed by atoms with Crippen LogP contribution in [0.25, 0.3) is 11.1 Å². The molecule has 13 heavy (non-hydrogen) atoms. The summed E-state index contributed by atoms with van der Waals surface area (Å²) in [6.07, 6.45) is 0. The quantitative estimate of drug-likeness (QED) is 0.450. The minimum atomic E-state index is -1.40. The average Bonchev–Trinajstić information content (AvgIpc) is 2.46. The Hall–Kier alpha value is -0.840. The van der Waals surface area contributed by atoms with Gasteiger partial charge in [0.25, 0.3) is 0 Å². The number of benzene rings is 1. The summed E-state index contributed by atoms with van der Waals surface area (Å²) >= 11 is 0. The Balaban J connectivity index is 0.000000845. The van der Waals surface area contributed by atoms with Gasteiger partial charge in [-0.25, -0.2) is 4.98 Å². The standard InChI is InChI=1S/C8H5NO3.Na/c10-8(11)7-9-5-3-1-2-4-6(5)12-7;/h1-4H,(H,10,11);/q;+1/p-1. The molecule has 0 aliphatic carbocycles. The maximum absolute atomic E-state index is 10.3. The molecule has 1 aromatic heterocycles. The number of carboxylic acids is 1. The maximum atomic E-state index is 10.3.